The van der Waals surface area contributed by atoms with E-state index in [4.69, 9.17) is 14.2 Å². The van der Waals surface area contributed by atoms with Crippen LogP contribution in [0.2, 0.25) is 0 Å². The van der Waals surface area contributed by atoms with Gasteiger partial charge in [-0.3, -0.25) is 29.9 Å². The Balaban J connectivity index is 1.18. The van der Waals surface area contributed by atoms with Crippen molar-refractivity contribution in [3.63, 3.8) is 0 Å². The molecule has 3 heterocycles. The number of fused-ring (bicyclic) bond motifs is 3. The molecule has 0 spiro atoms. The summed E-state index contributed by atoms with van der Waals surface area (Å²) in [6, 6.07) is 27.7. The standard InChI is InChI=1S/C39H34N4O10/c44-35-21-27(20-33-36-31(30-8-4-5-9-32(30)40-36)18-19-41(33)22-24-6-2-1-3-7-24)37(53-35)34(52-39(46)26-12-16-29(17-13-26)43(49)50)23-51-38(45)25-10-14-28(15-11-25)42(47)48/h1-17,27,33-34,37,40H,18-23H2/t27-,33+,34-,37+/m1/s1. The molecule has 4 atom stereocenters. The van der Waals surface area contributed by atoms with Crippen LogP contribution in [0.15, 0.2) is 103 Å². The van der Waals surface area contributed by atoms with Gasteiger partial charge in [-0.15, -0.1) is 0 Å². The van der Waals surface area contributed by atoms with Gasteiger partial charge in [-0.1, -0.05) is 48.5 Å². The van der Waals surface area contributed by atoms with Crippen LogP contribution in [0.1, 0.15) is 56.4 Å². The van der Waals surface area contributed by atoms with Crippen LogP contribution in [0.3, 0.4) is 0 Å². The van der Waals surface area contributed by atoms with Crippen molar-refractivity contribution in [3.8, 4) is 0 Å². The van der Waals surface area contributed by atoms with E-state index in [0.29, 0.717) is 13.0 Å². The smallest absolute Gasteiger partial charge is 0.338 e. The van der Waals surface area contributed by atoms with Crippen LogP contribution in [0.25, 0.3) is 10.9 Å². The molecular formula is C39H34N4O10. The van der Waals surface area contributed by atoms with Gasteiger partial charge in [0.15, 0.2) is 6.10 Å². The largest absolute Gasteiger partial charge is 0.458 e. The Kier molecular flexibility index (Phi) is 9.95. The molecule has 0 amide bonds. The van der Waals surface area contributed by atoms with Crippen molar-refractivity contribution >= 4 is 40.2 Å². The number of nitrogens with one attached hydrogen (secondary N) is 1. The number of benzene rings is 4. The predicted octanol–water partition coefficient (Wildman–Crippen LogP) is 6.49. The molecule has 1 aromatic heterocycles. The van der Waals surface area contributed by atoms with Gasteiger partial charge in [-0.2, -0.15) is 0 Å². The number of aromatic nitrogens is 1. The Bertz CT molecular complexity index is 2170. The first-order valence-electron chi connectivity index (χ1n) is 17.1. The molecule has 14 nitrogen and oxygen atoms in total. The van der Waals surface area contributed by atoms with Gasteiger partial charge in [0, 0.05) is 59.9 Å². The molecule has 0 radical (unpaired) electrons. The molecule has 2 aliphatic heterocycles. The fourth-order valence-electron chi connectivity index (χ4n) is 7.23. The minimum absolute atomic E-state index is 0.00667. The number of nitrogens with zero attached hydrogens (tertiary/aromatic N) is 3. The summed E-state index contributed by atoms with van der Waals surface area (Å²) in [5, 5.41) is 23.4. The molecule has 2 aliphatic rings. The monoisotopic (exact) mass is 718 g/mol. The van der Waals surface area contributed by atoms with E-state index in [1.807, 2.05) is 36.4 Å². The van der Waals surface area contributed by atoms with Crippen molar-refractivity contribution in [2.24, 2.45) is 5.92 Å². The highest BCUT2D eigenvalue weighted by atomic mass is 16.6. The van der Waals surface area contributed by atoms with E-state index in [1.165, 1.54) is 54.1 Å². The van der Waals surface area contributed by atoms with Crippen molar-refractivity contribution in [1.82, 2.24) is 9.88 Å². The van der Waals surface area contributed by atoms with Crippen LogP contribution in [-0.4, -0.2) is 63.0 Å². The molecule has 270 valence electrons. The molecule has 4 aromatic carbocycles. The molecule has 0 saturated carbocycles. The van der Waals surface area contributed by atoms with Crippen molar-refractivity contribution in [1.29, 1.82) is 0 Å². The Labute approximate surface area is 302 Å². The van der Waals surface area contributed by atoms with Gasteiger partial charge >= 0.3 is 17.9 Å². The van der Waals surface area contributed by atoms with Crippen LogP contribution < -0.4 is 0 Å². The maximum absolute atomic E-state index is 13.5. The average molecular weight is 719 g/mol. The molecule has 5 aromatic rings. The van der Waals surface area contributed by atoms with E-state index in [1.54, 1.807) is 0 Å². The number of rotatable bonds is 12. The number of nitro groups is 2. The predicted molar refractivity (Wildman–Crippen MR) is 190 cm³/mol. The summed E-state index contributed by atoms with van der Waals surface area (Å²) in [6.07, 6.45) is -0.991. The quantitative estimate of drug-likeness (QED) is 0.0644. The van der Waals surface area contributed by atoms with E-state index >= 15 is 0 Å². The van der Waals surface area contributed by atoms with Gasteiger partial charge in [0.1, 0.15) is 12.7 Å². The van der Waals surface area contributed by atoms with E-state index in [-0.39, 0.29) is 35.0 Å². The first kappa shape index (κ1) is 35.0. The van der Waals surface area contributed by atoms with Crippen LogP contribution >= 0.6 is 0 Å². The Morgan fingerprint density at radius 1 is 0.849 bits per heavy atom. The molecule has 1 fully saturated rings. The van der Waals surface area contributed by atoms with Crippen molar-refractivity contribution in [2.45, 2.75) is 44.1 Å². The van der Waals surface area contributed by atoms with Crippen molar-refractivity contribution < 1.29 is 38.4 Å². The Morgan fingerprint density at radius 2 is 1.47 bits per heavy atom. The summed E-state index contributed by atoms with van der Waals surface area (Å²) in [5.74, 6) is -2.67. The topological polar surface area (TPSA) is 184 Å². The van der Waals surface area contributed by atoms with Crippen LogP contribution in [0.4, 0.5) is 11.4 Å². The number of ether oxygens (including phenoxy) is 3. The molecule has 0 unspecified atom stereocenters. The van der Waals surface area contributed by atoms with Crippen LogP contribution in [-0.2, 0) is 32.0 Å². The van der Waals surface area contributed by atoms with Gasteiger partial charge in [-0.05, 0) is 54.3 Å². The molecule has 1 saturated heterocycles. The van der Waals surface area contributed by atoms with E-state index in [2.05, 4.69) is 28.1 Å². The minimum atomic E-state index is -1.26. The highest BCUT2D eigenvalue weighted by Crippen LogP contribution is 2.42. The summed E-state index contributed by atoms with van der Waals surface area (Å²) in [7, 11) is 0. The average Bonchev–Trinajstić information content (AvgIpc) is 3.74. The lowest BCUT2D eigenvalue weighted by atomic mass is 9.85. The number of aromatic amines is 1. The molecule has 14 heteroatoms. The van der Waals surface area contributed by atoms with E-state index in [0.717, 1.165) is 35.1 Å². The fraction of sp³-hybridized carbons (Fsp3) is 0.256. The lowest BCUT2D eigenvalue weighted by Gasteiger charge is -2.38. The first-order chi connectivity index (χ1) is 25.6. The summed E-state index contributed by atoms with van der Waals surface area (Å²) < 4.78 is 17.3. The molecule has 0 bridgehead atoms. The third-order valence-electron chi connectivity index (χ3n) is 9.82. The number of carbonyl (C=O) groups is 3. The summed E-state index contributed by atoms with van der Waals surface area (Å²) in [4.78, 5) is 66.7. The fourth-order valence-corrected chi connectivity index (χ4v) is 7.23. The molecule has 53 heavy (non-hydrogen) atoms. The van der Waals surface area contributed by atoms with Crippen molar-refractivity contribution in [2.75, 3.05) is 13.2 Å². The maximum Gasteiger partial charge on any atom is 0.338 e. The minimum Gasteiger partial charge on any atom is -0.458 e. The van der Waals surface area contributed by atoms with Gasteiger partial charge in [-0.25, -0.2) is 9.59 Å². The number of cyclic esters (lactones) is 1. The normalized spacial score (nSPS) is 18.9. The van der Waals surface area contributed by atoms with Gasteiger partial charge in [0.25, 0.3) is 11.4 Å². The zero-order chi connectivity index (χ0) is 37.1. The number of hydrogen-bond acceptors (Lipinski definition) is 11. The molecule has 7 rings (SSSR count). The molecule has 0 aliphatic carbocycles. The molecule has 1 N–H and O–H groups in total. The first-order valence-corrected chi connectivity index (χ1v) is 17.1. The Morgan fingerprint density at radius 3 is 2.13 bits per heavy atom. The highest BCUT2D eigenvalue weighted by Gasteiger charge is 2.45. The van der Waals surface area contributed by atoms with Crippen LogP contribution in [0.5, 0.6) is 0 Å². The summed E-state index contributed by atoms with van der Waals surface area (Å²) in [6.45, 7) is 0.906. The number of carbonyl (C=O) groups excluding carboxylic acids is 3. The Hall–Kier alpha value is -6.41. The van der Waals surface area contributed by atoms with Gasteiger partial charge in [0.2, 0.25) is 0 Å². The second-order valence-corrected chi connectivity index (χ2v) is 13.1. The zero-order valence-electron chi connectivity index (χ0n) is 28.3. The van der Waals surface area contributed by atoms with Crippen LogP contribution in [0, 0.1) is 26.1 Å². The van der Waals surface area contributed by atoms with Gasteiger partial charge < -0.3 is 19.2 Å². The third-order valence-corrected chi connectivity index (χ3v) is 9.82. The zero-order valence-corrected chi connectivity index (χ0v) is 28.3. The van der Waals surface area contributed by atoms with Gasteiger partial charge in [0.05, 0.1) is 33.4 Å². The van der Waals surface area contributed by atoms with Crippen molar-refractivity contribution in [3.05, 3.63) is 151 Å². The lowest BCUT2D eigenvalue weighted by molar-refractivity contribution is -0.385. The third kappa shape index (κ3) is 7.62. The second-order valence-electron chi connectivity index (χ2n) is 13.1. The number of H-pyrrole nitrogens is 1. The maximum atomic E-state index is 13.5. The number of nitro benzene ring substituents is 2. The molecular weight excluding hydrogens is 684 g/mol. The number of esters is 3. The second kappa shape index (κ2) is 15.1. The number of non-ortho nitro benzene ring substituents is 2. The highest BCUT2D eigenvalue weighted by molar-refractivity contribution is 5.91. The van der Waals surface area contributed by atoms with E-state index in [9.17, 15) is 34.6 Å². The summed E-state index contributed by atoms with van der Waals surface area (Å²) in [5.41, 5.74) is 3.98. The number of hydrogen-bond donors (Lipinski definition) is 1. The SMILES string of the molecule is O=C1C[C@@H](C[C@H]2c3[nH]c4ccccc4c3CCN2Cc2ccccc2)[C@@H]([C@@H](COC(=O)c2ccc([N+](=O)[O-])cc2)OC(=O)c2ccc([N+](=O)[O-])cc2)O1. The number of para-hydroxylation sites is 1. The lowest BCUT2D eigenvalue weighted by Crippen LogP contribution is -2.42. The van der Waals surface area contributed by atoms with E-state index < -0.39 is 52.5 Å². The summed E-state index contributed by atoms with van der Waals surface area (Å²) >= 11 is 0.